The van der Waals surface area contributed by atoms with Crippen LogP contribution in [0.2, 0.25) is 0 Å². The summed E-state index contributed by atoms with van der Waals surface area (Å²) in [6, 6.07) is 4.91. The van der Waals surface area contributed by atoms with Gasteiger partial charge in [-0.05, 0) is 30.7 Å². The number of fused-ring (bicyclic) bond motifs is 2. The van der Waals surface area contributed by atoms with Gasteiger partial charge in [0.15, 0.2) is 0 Å². The quantitative estimate of drug-likeness (QED) is 0.590. The third kappa shape index (κ3) is 2.71. The summed E-state index contributed by atoms with van der Waals surface area (Å²) in [4.78, 5) is 4.05. The zero-order valence-electron chi connectivity index (χ0n) is 14.3. The fourth-order valence-corrected chi connectivity index (χ4v) is 2.91. The van der Waals surface area contributed by atoms with E-state index in [-0.39, 0.29) is 17.3 Å². The van der Waals surface area contributed by atoms with E-state index in [0.717, 1.165) is 11.6 Å². The van der Waals surface area contributed by atoms with Gasteiger partial charge in [-0.15, -0.1) is 10.2 Å². The van der Waals surface area contributed by atoms with E-state index in [0.29, 0.717) is 22.2 Å². The molecular weight excluding hydrogens is 363 g/mol. The van der Waals surface area contributed by atoms with Gasteiger partial charge in [0.25, 0.3) is 0 Å². The molecule has 4 aromatic rings. The molecule has 0 aliphatic rings. The lowest BCUT2D eigenvalue weighted by molar-refractivity contribution is -0.164. The Balaban J connectivity index is 1.92. The smallest absolute Gasteiger partial charge is 0.410 e. The summed E-state index contributed by atoms with van der Waals surface area (Å²) >= 11 is 0. The van der Waals surface area contributed by atoms with Crippen molar-refractivity contribution < 1.29 is 17.9 Å². The first-order valence-electron chi connectivity index (χ1n) is 7.90. The maximum absolute atomic E-state index is 13.1. The maximum atomic E-state index is 13.1. The maximum Gasteiger partial charge on any atom is 0.410 e. The first-order chi connectivity index (χ1) is 12.8. The third-order valence-corrected chi connectivity index (χ3v) is 4.31. The molecule has 0 saturated carbocycles. The molecule has 8 nitrogen and oxygen atoms in total. The second-order valence-electron chi connectivity index (χ2n) is 5.96. The SMILES string of the molecule is COc1nc(N)nn2ccc(-c3ccc4nnn([C@@H](C)C(F)(F)F)c4c3)c12. The van der Waals surface area contributed by atoms with Crippen molar-refractivity contribution in [3.05, 3.63) is 30.5 Å². The van der Waals surface area contributed by atoms with Crippen LogP contribution >= 0.6 is 0 Å². The van der Waals surface area contributed by atoms with Gasteiger partial charge >= 0.3 is 6.18 Å². The molecule has 4 rings (SSSR count). The van der Waals surface area contributed by atoms with Crippen molar-refractivity contribution in [2.75, 3.05) is 12.8 Å². The number of ether oxygens (including phenoxy) is 1. The van der Waals surface area contributed by atoms with Crippen LogP contribution in [0.3, 0.4) is 0 Å². The summed E-state index contributed by atoms with van der Waals surface area (Å²) in [6.07, 6.45) is -2.77. The first-order valence-corrected chi connectivity index (χ1v) is 7.90. The number of hydrogen-bond acceptors (Lipinski definition) is 6. The van der Waals surface area contributed by atoms with Gasteiger partial charge in [-0.3, -0.25) is 0 Å². The van der Waals surface area contributed by atoms with Gasteiger partial charge in [-0.1, -0.05) is 11.3 Å². The second kappa shape index (κ2) is 5.83. The predicted molar refractivity (Wildman–Crippen MR) is 91.2 cm³/mol. The lowest BCUT2D eigenvalue weighted by Gasteiger charge is -2.16. The molecule has 0 radical (unpaired) electrons. The zero-order chi connectivity index (χ0) is 19.3. The van der Waals surface area contributed by atoms with E-state index in [4.69, 9.17) is 10.5 Å². The molecule has 11 heteroatoms. The predicted octanol–water partition coefficient (Wildman–Crippen LogP) is 2.86. The van der Waals surface area contributed by atoms with Gasteiger partial charge in [-0.25, -0.2) is 9.20 Å². The standard InChI is InChI=1S/C16H14F3N7O/c1-8(16(17,18)19)26-12-7-9(3-4-11(12)22-24-26)10-5-6-25-13(10)14(27-2)21-15(20)23-25/h3-8H,1-2H3,(H2,20,23)/t8-/m0/s1. The summed E-state index contributed by atoms with van der Waals surface area (Å²) in [7, 11) is 1.45. The monoisotopic (exact) mass is 377 g/mol. The highest BCUT2D eigenvalue weighted by Crippen LogP contribution is 2.35. The molecular formula is C16H14F3N7O. The highest BCUT2D eigenvalue weighted by molar-refractivity contribution is 5.89. The number of nitrogens with two attached hydrogens (primary N) is 1. The summed E-state index contributed by atoms with van der Waals surface area (Å²) in [5, 5.41) is 11.6. The van der Waals surface area contributed by atoms with Crippen LogP contribution in [0.5, 0.6) is 5.88 Å². The number of alkyl halides is 3. The molecule has 1 aromatic carbocycles. The molecule has 0 aliphatic carbocycles. The molecule has 0 saturated heterocycles. The van der Waals surface area contributed by atoms with E-state index in [1.54, 1.807) is 30.5 Å². The molecule has 0 amide bonds. The van der Waals surface area contributed by atoms with E-state index in [9.17, 15) is 13.2 Å². The number of hydrogen-bond donors (Lipinski definition) is 1. The van der Waals surface area contributed by atoms with Crippen LogP contribution in [-0.4, -0.2) is 42.9 Å². The first kappa shape index (κ1) is 17.1. The number of benzene rings is 1. The molecule has 0 aliphatic heterocycles. The second-order valence-corrected chi connectivity index (χ2v) is 5.96. The minimum Gasteiger partial charge on any atom is -0.479 e. The van der Waals surface area contributed by atoms with Crippen LogP contribution in [0.4, 0.5) is 19.1 Å². The van der Waals surface area contributed by atoms with Gasteiger partial charge in [0.05, 0.1) is 12.6 Å². The Kier molecular flexibility index (Phi) is 3.68. The van der Waals surface area contributed by atoms with Gasteiger partial charge in [0.2, 0.25) is 11.8 Å². The van der Waals surface area contributed by atoms with Crippen LogP contribution in [0.1, 0.15) is 13.0 Å². The number of nitrogens with zero attached hydrogens (tertiary/aromatic N) is 6. The van der Waals surface area contributed by atoms with Crippen molar-refractivity contribution in [1.29, 1.82) is 0 Å². The van der Waals surface area contributed by atoms with Gasteiger partial charge in [0.1, 0.15) is 17.1 Å². The normalized spacial score (nSPS) is 13.4. The molecule has 3 aromatic heterocycles. The van der Waals surface area contributed by atoms with Crippen LogP contribution < -0.4 is 10.5 Å². The number of nitrogen functional groups attached to an aromatic ring is 1. The van der Waals surface area contributed by atoms with Crippen LogP contribution in [0.15, 0.2) is 30.5 Å². The Morgan fingerprint density at radius 1 is 1.22 bits per heavy atom. The van der Waals surface area contributed by atoms with Crippen LogP contribution in [-0.2, 0) is 0 Å². The molecule has 0 fully saturated rings. The van der Waals surface area contributed by atoms with Crippen LogP contribution in [0, 0.1) is 0 Å². The molecule has 0 unspecified atom stereocenters. The van der Waals surface area contributed by atoms with Crippen molar-refractivity contribution in [2.24, 2.45) is 0 Å². The van der Waals surface area contributed by atoms with Gasteiger partial charge in [-0.2, -0.15) is 18.2 Å². The van der Waals surface area contributed by atoms with Crippen molar-refractivity contribution in [1.82, 2.24) is 29.6 Å². The highest BCUT2D eigenvalue weighted by atomic mass is 19.4. The van der Waals surface area contributed by atoms with E-state index in [1.165, 1.54) is 11.6 Å². The third-order valence-electron chi connectivity index (χ3n) is 4.31. The Morgan fingerprint density at radius 2 is 2.00 bits per heavy atom. The molecule has 3 heterocycles. The van der Waals surface area contributed by atoms with Gasteiger partial charge < -0.3 is 10.5 Å². The molecule has 2 N–H and O–H groups in total. The minimum atomic E-state index is -4.44. The average molecular weight is 377 g/mol. The number of halogens is 3. The number of rotatable bonds is 3. The summed E-state index contributed by atoms with van der Waals surface area (Å²) < 4.78 is 47.0. The Bertz CT molecular complexity index is 1150. The van der Waals surface area contributed by atoms with Gasteiger partial charge in [0, 0.05) is 11.8 Å². The molecule has 140 valence electrons. The van der Waals surface area contributed by atoms with E-state index in [2.05, 4.69) is 20.4 Å². The number of anilines is 1. The minimum absolute atomic E-state index is 0.0400. The summed E-state index contributed by atoms with van der Waals surface area (Å²) in [5.41, 5.74) is 8.17. The van der Waals surface area contributed by atoms with Crippen molar-refractivity contribution >= 4 is 22.5 Å². The Morgan fingerprint density at radius 3 is 2.70 bits per heavy atom. The average Bonchev–Trinajstić information content (AvgIpc) is 3.22. The zero-order valence-corrected chi connectivity index (χ0v) is 14.3. The lowest BCUT2D eigenvalue weighted by Crippen LogP contribution is -2.24. The van der Waals surface area contributed by atoms with Crippen molar-refractivity contribution in [3.63, 3.8) is 0 Å². The fourth-order valence-electron chi connectivity index (χ4n) is 2.91. The van der Waals surface area contributed by atoms with E-state index >= 15 is 0 Å². The largest absolute Gasteiger partial charge is 0.479 e. The van der Waals surface area contributed by atoms with Crippen molar-refractivity contribution in [2.45, 2.75) is 19.1 Å². The summed E-state index contributed by atoms with van der Waals surface area (Å²) in [6.45, 7) is 1.04. The Labute approximate surface area is 150 Å². The lowest BCUT2D eigenvalue weighted by atomic mass is 10.1. The fraction of sp³-hybridized carbons (Fsp3) is 0.250. The Hall–Kier alpha value is -3.37. The molecule has 0 bridgehead atoms. The topological polar surface area (TPSA) is 96.2 Å². The molecule has 27 heavy (non-hydrogen) atoms. The molecule has 1 atom stereocenters. The van der Waals surface area contributed by atoms with Crippen LogP contribution in [0.25, 0.3) is 27.7 Å². The summed E-state index contributed by atoms with van der Waals surface area (Å²) in [5.74, 6) is 0.302. The highest BCUT2D eigenvalue weighted by Gasteiger charge is 2.39. The number of aromatic nitrogens is 6. The van der Waals surface area contributed by atoms with E-state index < -0.39 is 12.2 Å². The van der Waals surface area contributed by atoms with Crippen molar-refractivity contribution in [3.8, 4) is 17.0 Å². The number of methoxy groups -OCH3 is 1. The van der Waals surface area contributed by atoms with E-state index in [1.807, 2.05) is 0 Å². The molecule has 0 spiro atoms.